The van der Waals surface area contributed by atoms with Gasteiger partial charge in [-0.2, -0.15) is 0 Å². The van der Waals surface area contributed by atoms with Gasteiger partial charge in [0.15, 0.2) is 0 Å². The van der Waals surface area contributed by atoms with E-state index >= 15 is 0 Å². The normalized spacial score (nSPS) is 12.8. The molecule has 0 aromatic heterocycles. The fraction of sp³-hybridized carbons (Fsp3) is 0.121. The van der Waals surface area contributed by atoms with Crippen LogP contribution in [0.3, 0.4) is 0 Å². The monoisotopic (exact) mass is 1100 g/mol. The second-order valence-electron chi connectivity index (χ2n) is 17.3. The van der Waals surface area contributed by atoms with E-state index in [2.05, 4.69) is 244 Å². The van der Waals surface area contributed by atoms with Crippen LogP contribution in [0.1, 0.15) is 95.2 Å². The van der Waals surface area contributed by atoms with Crippen LogP contribution in [0.15, 0.2) is 230 Å². The third-order valence-electron chi connectivity index (χ3n) is 13.1. The van der Waals surface area contributed by atoms with Crippen LogP contribution >= 0.6 is 0 Å². The zero-order valence-corrected chi connectivity index (χ0v) is 46.2. The maximum absolute atomic E-state index is 3.68. The molecule has 0 saturated heterocycles. The summed E-state index contributed by atoms with van der Waals surface area (Å²) in [4.78, 5) is 0. The molecule has 4 heteroatoms. The molecule has 4 aliphatic rings. The molecule has 0 atom stereocenters. The second-order valence-corrected chi connectivity index (χ2v) is 19.8. The first-order valence-electron chi connectivity index (χ1n) is 23.9. The summed E-state index contributed by atoms with van der Waals surface area (Å²) in [6.07, 6.45) is 15.5. The molecule has 8 aromatic rings. The number of hydrogen-bond donors (Lipinski definition) is 0. The van der Waals surface area contributed by atoms with Crippen molar-refractivity contribution in [2.45, 2.75) is 52.4 Å². The van der Waals surface area contributed by atoms with Gasteiger partial charge in [-0.25, -0.2) is 0 Å². The van der Waals surface area contributed by atoms with Gasteiger partial charge >= 0.3 is 198 Å². The van der Waals surface area contributed by atoms with E-state index in [-0.39, 0.29) is 24.8 Å². The molecule has 0 N–H and O–H groups in total. The molecule has 0 saturated carbocycles. The number of rotatable bonds is 8. The topological polar surface area (TPSA) is 0 Å². The van der Waals surface area contributed by atoms with E-state index in [1.54, 1.807) is 0 Å². The van der Waals surface area contributed by atoms with E-state index in [4.69, 9.17) is 0 Å². The van der Waals surface area contributed by atoms with Gasteiger partial charge in [-0.05, 0) is 49.7 Å². The Morgan fingerprint density at radius 2 is 0.700 bits per heavy atom. The van der Waals surface area contributed by atoms with Crippen molar-refractivity contribution in [3.63, 3.8) is 0 Å². The molecule has 4 aliphatic carbocycles. The Labute approximate surface area is 458 Å². The van der Waals surface area contributed by atoms with E-state index in [0.29, 0.717) is 0 Å². The Morgan fingerprint density at radius 3 is 1.03 bits per heavy atom. The van der Waals surface area contributed by atoms with Crippen LogP contribution in [0.4, 0.5) is 0 Å². The molecule has 344 valence electrons. The number of hydrogen-bond acceptors (Lipinski definition) is 0. The van der Waals surface area contributed by atoms with E-state index in [1.807, 2.05) is 0 Å². The second kappa shape index (κ2) is 25.8. The third kappa shape index (κ3) is 12.5. The van der Waals surface area contributed by atoms with Crippen molar-refractivity contribution in [3.8, 4) is 22.3 Å². The average molecular weight is 1100 g/mol. The summed E-state index contributed by atoms with van der Waals surface area (Å²) in [7, 11) is 0. The molecule has 0 spiro atoms. The molecule has 0 fully saturated rings. The fourth-order valence-electron chi connectivity index (χ4n) is 9.55. The van der Waals surface area contributed by atoms with Crippen LogP contribution in [0, 0.1) is 12.1 Å². The predicted octanol–water partition coefficient (Wildman–Crippen LogP) is 9.98. The molecule has 0 nitrogen and oxygen atoms in total. The zero-order valence-electron chi connectivity index (χ0n) is 39.8. The van der Waals surface area contributed by atoms with E-state index in [9.17, 15) is 0 Å². The van der Waals surface area contributed by atoms with Gasteiger partial charge in [-0.3, -0.25) is 0 Å². The Hall–Kier alpha value is -5.19. The van der Waals surface area contributed by atoms with Crippen LogP contribution in [0.5, 0.6) is 0 Å². The minimum absolute atomic E-state index is 0. The minimum atomic E-state index is 0. The first-order chi connectivity index (χ1) is 33.5. The average Bonchev–Trinajstić information content (AvgIpc) is 4.24. The molecule has 0 bridgehead atoms. The van der Waals surface area contributed by atoms with Crippen molar-refractivity contribution in [3.05, 3.63) is 297 Å². The standard InChI is InChI=1S/2C20H17.2C13H10.2ClH.2Zr/c2*1-2-14-7-5-9-18(14)16-10-11-20-17(13-16)12-15-6-3-4-8-19(15)20;2*1-3-7-12(8-4-1)11-13-9-5-2-6-10-13;;;;/h2*3-8,10-11H,2,9,12H2,1H3;2*1-10H;2*1H;;/q2*-1;;;;;;/p-2. The van der Waals surface area contributed by atoms with E-state index in [0.717, 1.165) is 38.5 Å². The summed E-state index contributed by atoms with van der Waals surface area (Å²) in [5.41, 5.74) is 24.9. The van der Waals surface area contributed by atoms with Crippen molar-refractivity contribution in [1.29, 1.82) is 0 Å². The molecule has 12 rings (SSSR count). The SMILES string of the molecule is CCC1=C(c2[c-]c3c(cc2)-c2ccccc2C3)CC=C1.CCC1=C(c2[c-]c3c(cc2)-c2ccccc2C3)CC=C1.[Cl-].[Cl-].[Zr]=[C](c1ccccc1)c1ccccc1.[Zr]=[C](c1ccccc1)c1ccccc1. The van der Waals surface area contributed by atoms with Gasteiger partial charge in [-0.1, -0.05) is 120 Å². The van der Waals surface area contributed by atoms with Crippen molar-refractivity contribution in [1.82, 2.24) is 0 Å². The molecule has 8 aromatic carbocycles. The number of allylic oxidation sites excluding steroid dienone is 8. The van der Waals surface area contributed by atoms with Crippen molar-refractivity contribution in [2.24, 2.45) is 0 Å². The van der Waals surface area contributed by atoms with Gasteiger partial charge in [0.1, 0.15) is 0 Å². The van der Waals surface area contributed by atoms with Crippen molar-refractivity contribution in [2.75, 3.05) is 0 Å². The van der Waals surface area contributed by atoms with Crippen LogP contribution < -0.4 is 24.8 Å². The van der Waals surface area contributed by atoms with Gasteiger partial charge in [0.25, 0.3) is 0 Å². The number of benzene rings is 8. The van der Waals surface area contributed by atoms with E-state index in [1.165, 1.54) is 155 Å². The number of fused-ring (bicyclic) bond motifs is 6. The van der Waals surface area contributed by atoms with Gasteiger partial charge < -0.3 is 24.8 Å². The summed E-state index contributed by atoms with van der Waals surface area (Å²) in [5, 5.41) is 0. The molecule has 0 amide bonds. The van der Waals surface area contributed by atoms with Gasteiger partial charge in [-0.15, -0.1) is 69.8 Å². The molecule has 0 unspecified atom stereocenters. The van der Waals surface area contributed by atoms with Gasteiger partial charge in [0.05, 0.1) is 0 Å². The molecule has 70 heavy (non-hydrogen) atoms. The third-order valence-corrected chi connectivity index (χ3v) is 16.0. The van der Waals surface area contributed by atoms with Crippen molar-refractivity contribution < 1.29 is 73.3 Å². The Morgan fingerprint density at radius 1 is 0.386 bits per heavy atom. The zero-order chi connectivity index (χ0) is 46.7. The Balaban J connectivity index is 0.000000138. The molecular weight excluding hydrogens is 1050 g/mol. The summed E-state index contributed by atoms with van der Waals surface area (Å²) in [6.45, 7) is 4.46. The first kappa shape index (κ1) is 52.6. The summed E-state index contributed by atoms with van der Waals surface area (Å²) >= 11 is 2.92. The first-order valence-corrected chi connectivity index (χ1v) is 26.4. The fourth-order valence-corrected chi connectivity index (χ4v) is 11.2. The van der Waals surface area contributed by atoms with Crippen LogP contribution in [-0.4, -0.2) is 6.41 Å². The molecule has 0 heterocycles. The van der Waals surface area contributed by atoms with Crippen LogP contribution in [0.25, 0.3) is 33.4 Å². The van der Waals surface area contributed by atoms with Crippen LogP contribution in [-0.2, 0) is 61.3 Å². The molecule has 0 aliphatic heterocycles. The maximum atomic E-state index is 3.68. The van der Waals surface area contributed by atoms with Gasteiger partial charge in [0, 0.05) is 0 Å². The summed E-state index contributed by atoms with van der Waals surface area (Å²) in [6, 6.07) is 76.1. The van der Waals surface area contributed by atoms with Crippen LogP contribution in [0.2, 0.25) is 0 Å². The predicted molar refractivity (Wildman–Crippen MR) is 281 cm³/mol. The molecule has 0 radical (unpaired) electrons. The quantitative estimate of drug-likeness (QED) is 0.133. The summed E-state index contributed by atoms with van der Waals surface area (Å²) in [5.74, 6) is 0. The summed E-state index contributed by atoms with van der Waals surface area (Å²) < 4.78 is 2.83. The van der Waals surface area contributed by atoms with E-state index < -0.39 is 0 Å². The Bertz CT molecular complexity index is 2900. The Kier molecular flexibility index (Phi) is 19.4. The number of halogens is 2. The van der Waals surface area contributed by atoms with Gasteiger partial charge in [0.2, 0.25) is 0 Å². The van der Waals surface area contributed by atoms with Crippen molar-refractivity contribution >= 4 is 17.6 Å². The molecular formula is C66H54Cl2Zr2-4.